The molecule has 1 unspecified atom stereocenters. The van der Waals surface area contributed by atoms with E-state index < -0.39 is 0 Å². The molecule has 0 aliphatic carbocycles. The van der Waals surface area contributed by atoms with Gasteiger partial charge in [0.15, 0.2) is 0 Å². The Kier molecular flexibility index (Phi) is 4.31. The van der Waals surface area contributed by atoms with Crippen LogP contribution in [0.25, 0.3) is 0 Å². The van der Waals surface area contributed by atoms with Gasteiger partial charge in [0.25, 0.3) is 5.91 Å². The van der Waals surface area contributed by atoms with Crippen molar-refractivity contribution in [1.29, 1.82) is 0 Å². The van der Waals surface area contributed by atoms with E-state index in [9.17, 15) is 4.79 Å². The zero-order chi connectivity index (χ0) is 17.9. The van der Waals surface area contributed by atoms with Crippen molar-refractivity contribution in [2.45, 2.75) is 25.9 Å². The van der Waals surface area contributed by atoms with Crippen LogP contribution in [-0.4, -0.2) is 26.9 Å². The summed E-state index contributed by atoms with van der Waals surface area (Å²) < 4.78 is 0. The highest BCUT2D eigenvalue weighted by molar-refractivity contribution is 6.06. The van der Waals surface area contributed by atoms with E-state index in [0.29, 0.717) is 18.1 Å². The number of hydrogen-bond acceptors (Lipinski definition) is 5. The highest BCUT2D eigenvalue weighted by atomic mass is 16.2. The van der Waals surface area contributed by atoms with Gasteiger partial charge in [-0.05, 0) is 36.6 Å². The highest BCUT2D eigenvalue weighted by Crippen LogP contribution is 2.32. The molecule has 3 heterocycles. The molecule has 1 N–H and O–H groups in total. The van der Waals surface area contributed by atoms with E-state index in [-0.39, 0.29) is 11.9 Å². The van der Waals surface area contributed by atoms with Gasteiger partial charge in [-0.1, -0.05) is 24.3 Å². The van der Waals surface area contributed by atoms with Crippen LogP contribution in [-0.2, 0) is 13.0 Å². The van der Waals surface area contributed by atoms with Crippen molar-refractivity contribution >= 4 is 17.4 Å². The molecule has 26 heavy (non-hydrogen) atoms. The summed E-state index contributed by atoms with van der Waals surface area (Å²) in [5.41, 5.74) is 3.59. The second-order valence-electron chi connectivity index (χ2n) is 6.36. The highest BCUT2D eigenvalue weighted by Gasteiger charge is 2.31. The normalized spacial score (nSPS) is 15.6. The molecular weight excluding hydrogens is 326 g/mol. The number of carbonyl (C=O) groups is 1. The van der Waals surface area contributed by atoms with Gasteiger partial charge in [-0.15, -0.1) is 0 Å². The number of nitrogens with one attached hydrogen (secondary N) is 1. The number of benzene rings is 1. The fourth-order valence-corrected chi connectivity index (χ4v) is 3.26. The molecule has 6 heteroatoms. The lowest BCUT2D eigenvalue weighted by atomic mass is 10.1. The smallest absolute Gasteiger partial charge is 0.277 e. The number of nitrogens with zero attached hydrogens (tertiary/aromatic N) is 4. The van der Waals surface area contributed by atoms with Crippen molar-refractivity contribution in [2.24, 2.45) is 0 Å². The molecule has 0 saturated heterocycles. The number of para-hydroxylation sites is 1. The Labute approximate surface area is 151 Å². The second kappa shape index (κ2) is 6.92. The first-order valence-corrected chi connectivity index (χ1v) is 8.58. The molecule has 0 saturated carbocycles. The van der Waals surface area contributed by atoms with Crippen LogP contribution in [0.2, 0.25) is 0 Å². The zero-order valence-corrected chi connectivity index (χ0v) is 14.5. The molecule has 0 fully saturated rings. The van der Waals surface area contributed by atoms with Gasteiger partial charge in [0.1, 0.15) is 17.8 Å². The van der Waals surface area contributed by atoms with Crippen LogP contribution < -0.4 is 10.2 Å². The van der Waals surface area contributed by atoms with Gasteiger partial charge in [-0.2, -0.15) is 0 Å². The Bertz CT molecular complexity index is 928. The molecule has 130 valence electrons. The Balaban J connectivity index is 1.54. The average Bonchev–Trinajstić information content (AvgIpc) is 3.02. The van der Waals surface area contributed by atoms with Crippen molar-refractivity contribution in [2.75, 3.05) is 10.2 Å². The van der Waals surface area contributed by atoms with E-state index in [1.165, 1.54) is 11.9 Å². The summed E-state index contributed by atoms with van der Waals surface area (Å²) in [6, 6.07) is 13.7. The molecule has 0 radical (unpaired) electrons. The number of pyridine rings is 1. The summed E-state index contributed by atoms with van der Waals surface area (Å²) >= 11 is 0. The molecular formula is C20H19N5O. The Morgan fingerprint density at radius 1 is 1.23 bits per heavy atom. The van der Waals surface area contributed by atoms with Crippen LogP contribution in [0, 0.1) is 0 Å². The van der Waals surface area contributed by atoms with Crippen LogP contribution in [0.1, 0.15) is 28.5 Å². The number of amides is 1. The first-order valence-electron chi connectivity index (χ1n) is 8.58. The third-order valence-corrected chi connectivity index (χ3v) is 4.51. The molecule has 1 atom stereocenters. The van der Waals surface area contributed by atoms with Gasteiger partial charge in [0, 0.05) is 36.7 Å². The van der Waals surface area contributed by atoms with E-state index in [1.807, 2.05) is 35.2 Å². The number of anilines is 2. The lowest BCUT2D eigenvalue weighted by Gasteiger charge is -2.22. The monoisotopic (exact) mass is 345 g/mol. The fraction of sp³-hybridized carbons (Fsp3) is 0.200. The van der Waals surface area contributed by atoms with Crippen LogP contribution in [0.5, 0.6) is 0 Å². The summed E-state index contributed by atoms with van der Waals surface area (Å²) in [7, 11) is 0. The number of rotatable bonds is 4. The quantitative estimate of drug-likeness (QED) is 0.787. The van der Waals surface area contributed by atoms with Crippen LogP contribution in [0.3, 0.4) is 0 Å². The number of hydrogen-bond donors (Lipinski definition) is 1. The number of aromatic nitrogens is 3. The maximum absolute atomic E-state index is 13.0. The van der Waals surface area contributed by atoms with Gasteiger partial charge >= 0.3 is 0 Å². The standard InChI is InChI=1S/C20H19N5O/c1-14-9-16-6-2-3-7-18(16)25(14)20(26)17-10-19(24-13-23-17)22-12-15-5-4-8-21-11-15/h2-8,10-11,13-14H,9,12H2,1H3,(H,22,23,24). The predicted molar refractivity (Wildman–Crippen MR) is 100 cm³/mol. The van der Waals surface area contributed by atoms with E-state index in [1.54, 1.807) is 18.5 Å². The van der Waals surface area contributed by atoms with Crippen molar-refractivity contribution < 1.29 is 4.79 Å². The molecule has 1 aliphatic rings. The van der Waals surface area contributed by atoms with Crippen LogP contribution >= 0.6 is 0 Å². The molecule has 1 aromatic carbocycles. The summed E-state index contributed by atoms with van der Waals surface area (Å²) in [5.74, 6) is 0.515. The van der Waals surface area contributed by atoms with E-state index >= 15 is 0 Å². The summed E-state index contributed by atoms with van der Waals surface area (Å²) in [6.45, 7) is 2.64. The average molecular weight is 345 g/mol. The first kappa shape index (κ1) is 16.2. The summed E-state index contributed by atoms with van der Waals surface area (Å²) in [4.78, 5) is 27.4. The largest absolute Gasteiger partial charge is 0.366 e. The van der Waals surface area contributed by atoms with Crippen molar-refractivity contribution in [1.82, 2.24) is 15.0 Å². The van der Waals surface area contributed by atoms with E-state index in [4.69, 9.17) is 0 Å². The minimum atomic E-state index is -0.103. The molecule has 4 rings (SSSR count). The Hall–Kier alpha value is -3.28. The summed E-state index contributed by atoms with van der Waals surface area (Å²) in [5, 5.41) is 3.22. The van der Waals surface area contributed by atoms with Crippen molar-refractivity contribution in [3.63, 3.8) is 0 Å². The number of fused-ring (bicyclic) bond motifs is 1. The molecule has 1 aliphatic heterocycles. The molecule has 0 spiro atoms. The van der Waals surface area contributed by atoms with Crippen LogP contribution in [0.4, 0.5) is 11.5 Å². The van der Waals surface area contributed by atoms with E-state index in [0.717, 1.165) is 17.7 Å². The van der Waals surface area contributed by atoms with Gasteiger partial charge in [-0.3, -0.25) is 9.78 Å². The maximum atomic E-state index is 13.0. The van der Waals surface area contributed by atoms with Crippen molar-refractivity contribution in [3.8, 4) is 0 Å². The molecule has 1 amide bonds. The van der Waals surface area contributed by atoms with E-state index in [2.05, 4.69) is 33.3 Å². The third kappa shape index (κ3) is 3.13. The van der Waals surface area contributed by atoms with Gasteiger partial charge in [0.2, 0.25) is 0 Å². The third-order valence-electron chi connectivity index (χ3n) is 4.51. The molecule has 3 aromatic rings. The molecule has 6 nitrogen and oxygen atoms in total. The van der Waals surface area contributed by atoms with Crippen LogP contribution in [0.15, 0.2) is 61.2 Å². The van der Waals surface area contributed by atoms with Gasteiger partial charge < -0.3 is 10.2 Å². The zero-order valence-electron chi connectivity index (χ0n) is 14.5. The topological polar surface area (TPSA) is 71.0 Å². The second-order valence-corrected chi connectivity index (χ2v) is 6.36. The Morgan fingerprint density at radius 2 is 2.12 bits per heavy atom. The number of carbonyl (C=O) groups excluding carboxylic acids is 1. The lowest BCUT2D eigenvalue weighted by molar-refractivity contribution is 0.0976. The first-order chi connectivity index (χ1) is 12.7. The summed E-state index contributed by atoms with van der Waals surface area (Å²) in [6.07, 6.45) is 5.81. The minimum absolute atomic E-state index is 0.103. The SMILES string of the molecule is CC1Cc2ccccc2N1C(=O)c1cc(NCc2cccnc2)ncn1. The maximum Gasteiger partial charge on any atom is 0.277 e. The lowest BCUT2D eigenvalue weighted by Crippen LogP contribution is -2.36. The van der Waals surface area contributed by atoms with Gasteiger partial charge in [0.05, 0.1) is 0 Å². The fourth-order valence-electron chi connectivity index (χ4n) is 3.26. The minimum Gasteiger partial charge on any atom is -0.366 e. The predicted octanol–water partition coefficient (Wildman–Crippen LogP) is 3.08. The van der Waals surface area contributed by atoms with Crippen molar-refractivity contribution in [3.05, 3.63) is 78.0 Å². The molecule has 0 bridgehead atoms. The van der Waals surface area contributed by atoms with Gasteiger partial charge in [-0.25, -0.2) is 9.97 Å². The Morgan fingerprint density at radius 3 is 2.96 bits per heavy atom. The molecule has 2 aromatic heterocycles.